The van der Waals surface area contributed by atoms with E-state index in [9.17, 15) is 19.5 Å². The first-order valence-electron chi connectivity index (χ1n) is 6.99. The lowest BCUT2D eigenvalue weighted by Gasteiger charge is -2.28. The van der Waals surface area contributed by atoms with Crippen LogP contribution in [0.25, 0.3) is 0 Å². The van der Waals surface area contributed by atoms with Crippen LogP contribution >= 0.6 is 0 Å². The number of fused-ring (bicyclic) bond motifs is 1. The fourth-order valence-electron chi connectivity index (χ4n) is 3.07. The molecule has 2 rings (SSSR count). The van der Waals surface area contributed by atoms with Crippen molar-refractivity contribution >= 4 is 17.8 Å². The Hall–Kier alpha value is -1.39. The molecule has 3 unspecified atom stereocenters. The summed E-state index contributed by atoms with van der Waals surface area (Å²) in [6.45, 7) is 3.37. The molecule has 1 aliphatic carbocycles. The van der Waals surface area contributed by atoms with E-state index in [0.29, 0.717) is 6.42 Å². The van der Waals surface area contributed by atoms with Crippen LogP contribution in [-0.4, -0.2) is 34.3 Å². The van der Waals surface area contributed by atoms with Gasteiger partial charge in [-0.15, -0.1) is 0 Å². The highest BCUT2D eigenvalue weighted by Crippen LogP contribution is 2.39. The van der Waals surface area contributed by atoms with E-state index in [2.05, 4.69) is 0 Å². The summed E-state index contributed by atoms with van der Waals surface area (Å²) in [5.41, 5.74) is -1.04. The molecule has 5 heteroatoms. The molecule has 1 saturated carbocycles. The van der Waals surface area contributed by atoms with E-state index in [0.717, 1.165) is 25.7 Å². The minimum Gasteiger partial charge on any atom is -0.481 e. The lowest BCUT2D eigenvalue weighted by molar-refractivity contribution is -0.152. The van der Waals surface area contributed by atoms with Crippen LogP contribution in [0.15, 0.2) is 0 Å². The van der Waals surface area contributed by atoms with Crippen LogP contribution in [0.3, 0.4) is 0 Å². The quantitative estimate of drug-likeness (QED) is 0.786. The van der Waals surface area contributed by atoms with Gasteiger partial charge in [-0.1, -0.05) is 19.8 Å². The maximum Gasteiger partial charge on any atom is 0.311 e. The summed E-state index contributed by atoms with van der Waals surface area (Å²) in [5, 5.41) is 9.27. The van der Waals surface area contributed by atoms with Gasteiger partial charge in [-0.05, 0) is 26.2 Å². The maximum absolute atomic E-state index is 12.3. The Morgan fingerprint density at radius 3 is 2.11 bits per heavy atom. The molecule has 19 heavy (non-hydrogen) atoms. The van der Waals surface area contributed by atoms with Gasteiger partial charge in [0.15, 0.2) is 0 Å². The number of hydrogen-bond acceptors (Lipinski definition) is 3. The molecule has 1 N–H and O–H groups in total. The van der Waals surface area contributed by atoms with E-state index in [1.165, 1.54) is 4.90 Å². The molecule has 0 spiro atoms. The Kier molecular flexibility index (Phi) is 3.65. The lowest BCUT2D eigenvalue weighted by Crippen LogP contribution is -2.44. The zero-order valence-corrected chi connectivity index (χ0v) is 11.5. The topological polar surface area (TPSA) is 74.7 Å². The molecule has 0 radical (unpaired) electrons. The van der Waals surface area contributed by atoms with Crippen LogP contribution in [-0.2, 0) is 14.4 Å². The molecular formula is C14H21NO4. The van der Waals surface area contributed by atoms with Gasteiger partial charge in [0, 0.05) is 6.54 Å². The third-order valence-corrected chi connectivity index (χ3v) is 4.74. The normalized spacial score (nSPS) is 30.1. The molecule has 0 aromatic rings. The van der Waals surface area contributed by atoms with Crippen molar-refractivity contribution < 1.29 is 19.5 Å². The van der Waals surface area contributed by atoms with E-state index in [4.69, 9.17) is 0 Å². The van der Waals surface area contributed by atoms with E-state index in [1.807, 2.05) is 0 Å². The summed E-state index contributed by atoms with van der Waals surface area (Å²) < 4.78 is 0. The largest absolute Gasteiger partial charge is 0.481 e. The first-order chi connectivity index (χ1) is 8.90. The lowest BCUT2D eigenvalue weighted by atomic mass is 9.81. The monoisotopic (exact) mass is 267 g/mol. The summed E-state index contributed by atoms with van der Waals surface area (Å²) in [6.07, 6.45) is 3.90. The first-order valence-corrected chi connectivity index (χ1v) is 6.99. The summed E-state index contributed by atoms with van der Waals surface area (Å²) in [6, 6.07) is 0. The standard InChI is InChI=1S/C14H21NO4/c1-3-14(2,13(18)19)8-15-11(16)9-6-4-5-7-10(9)12(15)17/h9-10H,3-8H2,1-2H3,(H,18,19). The Balaban J connectivity index is 2.19. The molecule has 1 heterocycles. The van der Waals surface area contributed by atoms with Crippen molar-refractivity contribution in [3.05, 3.63) is 0 Å². The van der Waals surface area contributed by atoms with E-state index in [-0.39, 0.29) is 30.2 Å². The number of carboxylic acid groups (broad SMARTS) is 1. The van der Waals surface area contributed by atoms with Crippen molar-refractivity contribution in [2.75, 3.05) is 6.54 Å². The highest BCUT2D eigenvalue weighted by Gasteiger charge is 2.50. The van der Waals surface area contributed by atoms with Crippen LogP contribution in [0, 0.1) is 17.3 Å². The summed E-state index contributed by atoms with van der Waals surface area (Å²) >= 11 is 0. The predicted molar refractivity (Wildman–Crippen MR) is 68.2 cm³/mol. The smallest absolute Gasteiger partial charge is 0.311 e. The molecule has 1 saturated heterocycles. The summed E-state index contributed by atoms with van der Waals surface area (Å²) in [7, 11) is 0. The van der Waals surface area contributed by atoms with E-state index >= 15 is 0 Å². The van der Waals surface area contributed by atoms with Crippen molar-refractivity contribution in [3.8, 4) is 0 Å². The van der Waals surface area contributed by atoms with Gasteiger partial charge < -0.3 is 5.11 Å². The number of rotatable bonds is 4. The van der Waals surface area contributed by atoms with Gasteiger partial charge >= 0.3 is 5.97 Å². The molecule has 0 aromatic heterocycles. The second kappa shape index (κ2) is 4.94. The highest BCUT2D eigenvalue weighted by atomic mass is 16.4. The molecule has 3 atom stereocenters. The van der Waals surface area contributed by atoms with Gasteiger partial charge in [-0.3, -0.25) is 19.3 Å². The van der Waals surface area contributed by atoms with Gasteiger partial charge in [0.05, 0.1) is 17.3 Å². The second-order valence-corrected chi connectivity index (χ2v) is 5.98. The zero-order valence-electron chi connectivity index (χ0n) is 11.5. The van der Waals surface area contributed by atoms with Gasteiger partial charge in [-0.25, -0.2) is 0 Å². The molecular weight excluding hydrogens is 246 g/mol. The van der Waals surface area contributed by atoms with Crippen LogP contribution in [0.1, 0.15) is 46.0 Å². The summed E-state index contributed by atoms with van der Waals surface area (Å²) in [4.78, 5) is 37.1. The third-order valence-electron chi connectivity index (χ3n) is 4.74. The van der Waals surface area contributed by atoms with Gasteiger partial charge in [0.1, 0.15) is 0 Å². The third kappa shape index (κ3) is 2.26. The van der Waals surface area contributed by atoms with Crippen LogP contribution in [0.2, 0.25) is 0 Å². The average molecular weight is 267 g/mol. The van der Waals surface area contributed by atoms with Crippen molar-refractivity contribution in [1.29, 1.82) is 0 Å². The maximum atomic E-state index is 12.3. The molecule has 2 fully saturated rings. The fourth-order valence-corrected chi connectivity index (χ4v) is 3.07. The van der Waals surface area contributed by atoms with Gasteiger partial charge in [0.2, 0.25) is 11.8 Å². The zero-order chi connectivity index (χ0) is 14.2. The Labute approximate surface area is 113 Å². The van der Waals surface area contributed by atoms with Crippen molar-refractivity contribution in [3.63, 3.8) is 0 Å². The number of aliphatic carboxylic acids is 1. The van der Waals surface area contributed by atoms with Crippen LogP contribution in [0.5, 0.6) is 0 Å². The Bertz CT molecular complexity index is 396. The van der Waals surface area contributed by atoms with Crippen LogP contribution in [0.4, 0.5) is 0 Å². The Morgan fingerprint density at radius 2 is 1.74 bits per heavy atom. The SMILES string of the molecule is CCC(C)(CN1C(=O)C2CCCCC2C1=O)C(=O)O. The van der Waals surface area contributed by atoms with Crippen molar-refractivity contribution in [1.82, 2.24) is 4.90 Å². The molecule has 106 valence electrons. The van der Waals surface area contributed by atoms with Gasteiger partial charge in [-0.2, -0.15) is 0 Å². The van der Waals surface area contributed by atoms with Gasteiger partial charge in [0.25, 0.3) is 0 Å². The number of carbonyl (C=O) groups excluding carboxylic acids is 2. The number of amides is 2. The summed E-state index contributed by atoms with van der Waals surface area (Å²) in [5.74, 6) is -1.66. The van der Waals surface area contributed by atoms with Crippen molar-refractivity contribution in [2.24, 2.45) is 17.3 Å². The predicted octanol–water partition coefficient (Wildman–Crippen LogP) is 1.66. The molecule has 0 bridgehead atoms. The fraction of sp³-hybridized carbons (Fsp3) is 0.786. The number of imide groups is 1. The average Bonchev–Trinajstić information content (AvgIpc) is 2.64. The molecule has 2 aliphatic rings. The van der Waals surface area contributed by atoms with E-state index < -0.39 is 11.4 Å². The molecule has 1 aliphatic heterocycles. The van der Waals surface area contributed by atoms with E-state index in [1.54, 1.807) is 13.8 Å². The number of carbonyl (C=O) groups is 3. The first kappa shape index (κ1) is 14.0. The highest BCUT2D eigenvalue weighted by molar-refractivity contribution is 6.05. The van der Waals surface area contributed by atoms with Crippen molar-refractivity contribution in [2.45, 2.75) is 46.0 Å². The number of hydrogen-bond donors (Lipinski definition) is 1. The Morgan fingerprint density at radius 1 is 1.26 bits per heavy atom. The minimum absolute atomic E-state index is 0.00347. The second-order valence-electron chi connectivity index (χ2n) is 5.98. The number of carboxylic acids is 1. The minimum atomic E-state index is -1.04. The number of likely N-dealkylation sites (tertiary alicyclic amines) is 1. The molecule has 0 aromatic carbocycles. The molecule has 5 nitrogen and oxygen atoms in total. The molecule has 2 amide bonds. The van der Waals surface area contributed by atoms with Crippen LogP contribution < -0.4 is 0 Å². The number of nitrogens with zero attached hydrogens (tertiary/aromatic N) is 1.